The van der Waals surface area contributed by atoms with Crippen LogP contribution in [0.3, 0.4) is 0 Å². The zero-order valence-corrected chi connectivity index (χ0v) is 8.59. The van der Waals surface area contributed by atoms with E-state index in [0.29, 0.717) is 5.82 Å². The van der Waals surface area contributed by atoms with E-state index in [9.17, 15) is 4.79 Å². The molecule has 15 heavy (non-hydrogen) atoms. The minimum atomic E-state index is -0.390. The molecule has 0 aliphatic heterocycles. The zero-order valence-electron chi connectivity index (χ0n) is 8.59. The molecule has 0 radical (unpaired) electrons. The number of esters is 1. The van der Waals surface area contributed by atoms with Crippen LogP contribution in [0.25, 0.3) is 0 Å². The maximum Gasteiger partial charge on any atom is 0.327 e. The second-order valence-corrected chi connectivity index (χ2v) is 3.41. The van der Waals surface area contributed by atoms with E-state index in [0.717, 1.165) is 0 Å². The van der Waals surface area contributed by atoms with E-state index in [1.54, 1.807) is 19.2 Å². The Morgan fingerprint density at radius 3 is 3.07 bits per heavy atom. The lowest BCUT2D eigenvalue weighted by Crippen LogP contribution is -2.18. The number of aliphatic hydroxyl groups excluding tert-OH is 1. The summed E-state index contributed by atoms with van der Waals surface area (Å²) in [5.74, 6) is -0.0680. The van der Waals surface area contributed by atoms with Gasteiger partial charge in [-0.3, -0.25) is 9.48 Å². The zero-order chi connectivity index (χ0) is 11.3. The van der Waals surface area contributed by atoms with Crippen molar-refractivity contribution in [1.29, 1.82) is 0 Å². The number of carbonyl (C=O) groups excluding carboxylic acids is 1. The maximum atomic E-state index is 11.2. The van der Waals surface area contributed by atoms with Crippen molar-refractivity contribution in [2.75, 3.05) is 18.9 Å². The number of nitrogens with zero attached hydrogens (tertiary/aromatic N) is 2. The molecule has 1 atom stereocenters. The van der Waals surface area contributed by atoms with E-state index >= 15 is 0 Å². The molecule has 1 aromatic heterocycles. The highest BCUT2D eigenvalue weighted by Crippen LogP contribution is 1.98. The normalized spacial score (nSPS) is 12.4. The number of nitrogens with two attached hydrogens (primary N) is 1. The first kappa shape index (κ1) is 11.5. The topological polar surface area (TPSA) is 90.4 Å². The van der Waals surface area contributed by atoms with Gasteiger partial charge in [0, 0.05) is 18.7 Å². The van der Waals surface area contributed by atoms with E-state index in [-0.39, 0.29) is 25.7 Å². The summed E-state index contributed by atoms with van der Waals surface area (Å²) in [4.78, 5) is 11.2. The van der Waals surface area contributed by atoms with Gasteiger partial charge in [0.15, 0.2) is 0 Å². The third-order valence-electron chi connectivity index (χ3n) is 1.79. The molecule has 0 amide bonds. The van der Waals surface area contributed by atoms with Gasteiger partial charge in [0.2, 0.25) is 0 Å². The van der Waals surface area contributed by atoms with Crippen LogP contribution in [0.4, 0.5) is 5.82 Å². The van der Waals surface area contributed by atoms with Crippen molar-refractivity contribution in [2.45, 2.75) is 13.5 Å². The second-order valence-electron chi connectivity index (χ2n) is 3.41. The van der Waals surface area contributed by atoms with E-state index in [1.165, 1.54) is 4.68 Å². The highest BCUT2D eigenvalue weighted by Gasteiger charge is 2.07. The minimum absolute atomic E-state index is 0.00198. The molecule has 0 saturated heterocycles. The maximum absolute atomic E-state index is 11.2. The Kier molecular flexibility index (Phi) is 4.11. The number of hydrogen-bond acceptors (Lipinski definition) is 5. The fourth-order valence-corrected chi connectivity index (χ4v) is 0.931. The first-order valence-corrected chi connectivity index (χ1v) is 4.67. The predicted octanol–water partition coefficient (Wildman–Crippen LogP) is -0.363. The number of rotatable bonds is 5. The quantitative estimate of drug-likeness (QED) is 0.652. The van der Waals surface area contributed by atoms with E-state index in [4.69, 9.17) is 15.6 Å². The van der Waals surface area contributed by atoms with Crippen molar-refractivity contribution in [3.05, 3.63) is 12.3 Å². The number of hydrogen-bond donors (Lipinski definition) is 2. The standard InChI is InChI=1S/C9H15N3O3/c1-7(5-13)6-15-9(14)4-12-3-2-8(10)11-12/h2-3,7,13H,4-6H2,1H3,(H2,10,11). The molecular weight excluding hydrogens is 198 g/mol. The van der Waals surface area contributed by atoms with Crippen LogP contribution in [-0.2, 0) is 16.1 Å². The van der Waals surface area contributed by atoms with Gasteiger partial charge in [-0.25, -0.2) is 0 Å². The Balaban J connectivity index is 2.30. The van der Waals surface area contributed by atoms with Crippen LogP contribution in [0.5, 0.6) is 0 Å². The molecule has 1 aromatic rings. The lowest BCUT2D eigenvalue weighted by molar-refractivity contribution is -0.146. The fourth-order valence-electron chi connectivity index (χ4n) is 0.931. The number of aliphatic hydroxyl groups is 1. The fraction of sp³-hybridized carbons (Fsp3) is 0.556. The summed E-state index contributed by atoms with van der Waals surface area (Å²) in [6.45, 7) is 2.04. The van der Waals surface area contributed by atoms with Gasteiger partial charge >= 0.3 is 5.97 Å². The molecule has 0 bridgehead atoms. The van der Waals surface area contributed by atoms with Crippen molar-refractivity contribution in [2.24, 2.45) is 5.92 Å². The molecule has 6 heteroatoms. The molecule has 0 fully saturated rings. The Morgan fingerprint density at radius 1 is 1.80 bits per heavy atom. The van der Waals surface area contributed by atoms with Crippen LogP contribution in [-0.4, -0.2) is 34.1 Å². The van der Waals surface area contributed by atoms with Crippen molar-refractivity contribution in [3.63, 3.8) is 0 Å². The van der Waals surface area contributed by atoms with Gasteiger partial charge < -0.3 is 15.6 Å². The molecule has 84 valence electrons. The van der Waals surface area contributed by atoms with Gasteiger partial charge in [0.25, 0.3) is 0 Å². The first-order chi connectivity index (χ1) is 7.11. The Morgan fingerprint density at radius 2 is 2.53 bits per heavy atom. The second kappa shape index (κ2) is 5.35. The van der Waals surface area contributed by atoms with Gasteiger partial charge in [-0.15, -0.1) is 0 Å². The molecule has 0 aromatic carbocycles. The third-order valence-corrected chi connectivity index (χ3v) is 1.79. The molecule has 1 rings (SSSR count). The van der Waals surface area contributed by atoms with Gasteiger partial charge in [-0.2, -0.15) is 5.10 Å². The van der Waals surface area contributed by atoms with E-state index in [1.807, 2.05) is 0 Å². The van der Waals surface area contributed by atoms with E-state index in [2.05, 4.69) is 5.10 Å². The summed E-state index contributed by atoms with van der Waals surface area (Å²) in [5, 5.41) is 12.6. The lowest BCUT2D eigenvalue weighted by Gasteiger charge is -2.08. The molecule has 1 heterocycles. The molecule has 3 N–H and O–H groups in total. The Bertz CT molecular complexity index is 324. The van der Waals surface area contributed by atoms with Crippen molar-refractivity contribution >= 4 is 11.8 Å². The summed E-state index contributed by atoms with van der Waals surface area (Å²) >= 11 is 0. The number of anilines is 1. The average molecular weight is 213 g/mol. The van der Waals surface area contributed by atoms with Gasteiger partial charge in [-0.1, -0.05) is 6.92 Å². The molecule has 6 nitrogen and oxygen atoms in total. The van der Waals surface area contributed by atoms with Crippen LogP contribution in [0, 0.1) is 5.92 Å². The van der Waals surface area contributed by atoms with Crippen LogP contribution < -0.4 is 5.73 Å². The van der Waals surface area contributed by atoms with Crippen molar-refractivity contribution in [3.8, 4) is 0 Å². The van der Waals surface area contributed by atoms with Crippen LogP contribution in [0.1, 0.15) is 6.92 Å². The summed E-state index contributed by atoms with van der Waals surface area (Å²) in [6, 6.07) is 1.60. The molecule has 0 spiro atoms. The largest absolute Gasteiger partial charge is 0.464 e. The SMILES string of the molecule is CC(CO)COC(=O)Cn1ccc(N)n1. The van der Waals surface area contributed by atoms with Crippen molar-refractivity contribution in [1.82, 2.24) is 9.78 Å². The first-order valence-electron chi connectivity index (χ1n) is 4.67. The number of ether oxygens (including phenoxy) is 1. The molecule has 0 aliphatic carbocycles. The van der Waals surface area contributed by atoms with Crippen LogP contribution >= 0.6 is 0 Å². The molecule has 0 saturated carbocycles. The molecular formula is C9H15N3O3. The summed E-state index contributed by atoms with van der Waals surface area (Å²) in [6.07, 6.45) is 1.60. The molecule has 0 aliphatic rings. The number of carbonyl (C=O) groups is 1. The monoisotopic (exact) mass is 213 g/mol. The lowest BCUT2D eigenvalue weighted by atomic mass is 10.2. The Hall–Kier alpha value is -1.56. The van der Waals surface area contributed by atoms with Crippen LogP contribution in [0.15, 0.2) is 12.3 Å². The summed E-state index contributed by atoms with van der Waals surface area (Å²) < 4.78 is 6.31. The van der Waals surface area contributed by atoms with Crippen LogP contribution in [0.2, 0.25) is 0 Å². The third kappa shape index (κ3) is 3.99. The summed E-state index contributed by atoms with van der Waals surface area (Å²) in [7, 11) is 0. The van der Waals surface area contributed by atoms with Gasteiger partial charge in [-0.05, 0) is 6.07 Å². The van der Waals surface area contributed by atoms with Gasteiger partial charge in [0.1, 0.15) is 12.4 Å². The van der Waals surface area contributed by atoms with Crippen molar-refractivity contribution < 1.29 is 14.6 Å². The smallest absolute Gasteiger partial charge is 0.327 e. The summed E-state index contributed by atoms with van der Waals surface area (Å²) in [5.41, 5.74) is 5.38. The van der Waals surface area contributed by atoms with E-state index < -0.39 is 5.97 Å². The number of aromatic nitrogens is 2. The number of nitrogen functional groups attached to an aromatic ring is 1. The highest BCUT2D eigenvalue weighted by molar-refractivity contribution is 5.69. The highest BCUT2D eigenvalue weighted by atomic mass is 16.5. The Labute approximate surface area is 87.6 Å². The predicted molar refractivity (Wildman–Crippen MR) is 53.8 cm³/mol. The average Bonchev–Trinajstić information content (AvgIpc) is 2.60. The van der Waals surface area contributed by atoms with Gasteiger partial charge in [0.05, 0.1) is 6.61 Å². The molecule has 1 unspecified atom stereocenters. The minimum Gasteiger partial charge on any atom is -0.464 e.